The van der Waals surface area contributed by atoms with Gasteiger partial charge in [-0.25, -0.2) is 9.82 Å². The van der Waals surface area contributed by atoms with Crippen LogP contribution in [0.5, 0.6) is 11.5 Å². The molecule has 2 aromatic rings. The molecule has 1 aliphatic heterocycles. The van der Waals surface area contributed by atoms with Crippen molar-refractivity contribution >= 4 is 23.4 Å². The van der Waals surface area contributed by atoms with Crippen molar-refractivity contribution in [3.63, 3.8) is 0 Å². The monoisotopic (exact) mass is 398 g/mol. The van der Waals surface area contributed by atoms with E-state index in [2.05, 4.69) is 10.5 Å². The van der Waals surface area contributed by atoms with Crippen LogP contribution in [0.3, 0.4) is 0 Å². The quantitative estimate of drug-likeness (QED) is 0.849. The van der Waals surface area contributed by atoms with Gasteiger partial charge in [0.25, 0.3) is 5.91 Å². The number of nitrogens with zero attached hydrogens (tertiary/aromatic N) is 3. The Hall–Kier alpha value is -3.62. The molecule has 0 aromatic heterocycles. The highest BCUT2D eigenvalue weighted by Gasteiger charge is 2.24. The molecule has 28 heavy (non-hydrogen) atoms. The van der Waals surface area contributed by atoms with Crippen LogP contribution in [0.4, 0.5) is 4.39 Å². The predicted molar refractivity (Wildman–Crippen MR) is 97.2 cm³/mol. The highest BCUT2D eigenvalue weighted by Crippen LogP contribution is 2.35. The minimum absolute atomic E-state index is 0.00953. The lowest BCUT2D eigenvalue weighted by molar-refractivity contribution is -0.129. The lowest BCUT2D eigenvalue weighted by atomic mass is 10.1. The topological polar surface area (TPSA) is 108 Å². The van der Waals surface area contributed by atoms with Crippen LogP contribution >= 0.6 is 11.6 Å². The molecular weight excluding hydrogens is 387 g/mol. The third-order valence-corrected chi connectivity index (χ3v) is 4.13. The third-order valence-electron chi connectivity index (χ3n) is 3.83. The zero-order chi connectivity index (χ0) is 20.3. The maximum absolute atomic E-state index is 15.0. The second-order valence-corrected chi connectivity index (χ2v) is 6.25. The lowest BCUT2D eigenvalue weighted by Gasteiger charge is -2.20. The SMILES string of the molecule is CC1OC(Cc2ccc(Cl)c(Oc3cc(C#N)cc(C#N)c3)c2F)=NNC1=O. The van der Waals surface area contributed by atoms with E-state index in [1.807, 2.05) is 12.1 Å². The molecule has 0 saturated heterocycles. The minimum atomic E-state index is -0.746. The number of hydrazone groups is 1. The Morgan fingerprint density at radius 1 is 1.29 bits per heavy atom. The van der Waals surface area contributed by atoms with Crippen molar-refractivity contribution in [3.8, 4) is 23.6 Å². The number of carbonyl (C=O) groups excluding carboxylic acids is 1. The predicted octanol–water partition coefficient (Wildman–Crippen LogP) is 3.41. The van der Waals surface area contributed by atoms with E-state index in [0.29, 0.717) is 0 Å². The van der Waals surface area contributed by atoms with Gasteiger partial charge >= 0.3 is 0 Å². The molecule has 0 fully saturated rings. The molecule has 2 aromatic carbocycles. The molecule has 1 atom stereocenters. The molecule has 1 unspecified atom stereocenters. The maximum Gasteiger partial charge on any atom is 0.280 e. The first-order valence-electron chi connectivity index (χ1n) is 8.04. The first kappa shape index (κ1) is 19.2. The summed E-state index contributed by atoms with van der Waals surface area (Å²) in [6.45, 7) is 1.55. The summed E-state index contributed by atoms with van der Waals surface area (Å²) in [5, 5.41) is 21.9. The van der Waals surface area contributed by atoms with Crippen LogP contribution in [0.25, 0.3) is 0 Å². The van der Waals surface area contributed by atoms with Gasteiger partial charge in [0.15, 0.2) is 17.7 Å². The summed E-state index contributed by atoms with van der Waals surface area (Å²) < 4.78 is 25.8. The number of amides is 1. The summed E-state index contributed by atoms with van der Waals surface area (Å²) in [5.41, 5.74) is 2.86. The van der Waals surface area contributed by atoms with E-state index in [-0.39, 0.29) is 45.5 Å². The van der Waals surface area contributed by atoms with Crippen LogP contribution in [-0.2, 0) is 16.0 Å². The highest BCUT2D eigenvalue weighted by molar-refractivity contribution is 6.32. The van der Waals surface area contributed by atoms with Gasteiger partial charge in [0.05, 0.1) is 34.7 Å². The van der Waals surface area contributed by atoms with Crippen LogP contribution in [0.15, 0.2) is 35.4 Å². The zero-order valence-electron chi connectivity index (χ0n) is 14.5. The van der Waals surface area contributed by atoms with Gasteiger partial charge in [0.1, 0.15) is 5.75 Å². The number of nitriles is 2. The van der Waals surface area contributed by atoms with E-state index < -0.39 is 17.8 Å². The molecule has 7 nitrogen and oxygen atoms in total. The van der Waals surface area contributed by atoms with Crippen molar-refractivity contribution < 1.29 is 18.7 Å². The number of hydrogen-bond acceptors (Lipinski definition) is 6. The summed E-state index contributed by atoms with van der Waals surface area (Å²) >= 11 is 6.07. The van der Waals surface area contributed by atoms with Crippen LogP contribution in [0.2, 0.25) is 5.02 Å². The van der Waals surface area contributed by atoms with Crippen molar-refractivity contribution in [2.24, 2.45) is 5.10 Å². The second kappa shape index (κ2) is 7.95. The molecule has 0 bridgehead atoms. The van der Waals surface area contributed by atoms with Crippen LogP contribution in [0.1, 0.15) is 23.6 Å². The Balaban J connectivity index is 1.91. The average Bonchev–Trinajstić information content (AvgIpc) is 2.69. The number of rotatable bonds is 4. The van der Waals surface area contributed by atoms with Crippen LogP contribution in [0, 0.1) is 28.5 Å². The van der Waals surface area contributed by atoms with Gasteiger partial charge in [0.2, 0.25) is 5.90 Å². The van der Waals surface area contributed by atoms with E-state index in [1.165, 1.54) is 30.3 Å². The molecule has 1 N–H and O–H groups in total. The Bertz CT molecular complexity index is 1040. The molecule has 1 heterocycles. The van der Waals surface area contributed by atoms with E-state index >= 15 is 0 Å². The Morgan fingerprint density at radius 3 is 2.57 bits per heavy atom. The van der Waals surface area contributed by atoms with Gasteiger partial charge in [-0.1, -0.05) is 17.7 Å². The van der Waals surface area contributed by atoms with Crippen molar-refractivity contribution in [1.29, 1.82) is 10.5 Å². The normalized spacial score (nSPS) is 15.5. The fourth-order valence-corrected chi connectivity index (χ4v) is 2.63. The zero-order valence-corrected chi connectivity index (χ0v) is 15.2. The molecule has 0 radical (unpaired) electrons. The first-order valence-corrected chi connectivity index (χ1v) is 8.42. The molecule has 0 aliphatic carbocycles. The van der Waals surface area contributed by atoms with Crippen LogP contribution in [-0.4, -0.2) is 17.9 Å². The molecular formula is C19H12ClFN4O3. The molecule has 1 aliphatic rings. The van der Waals surface area contributed by atoms with E-state index in [1.54, 1.807) is 6.92 Å². The van der Waals surface area contributed by atoms with Gasteiger partial charge in [-0.2, -0.15) is 10.5 Å². The largest absolute Gasteiger partial charge is 0.466 e. The van der Waals surface area contributed by atoms with Crippen molar-refractivity contribution in [2.75, 3.05) is 0 Å². The fraction of sp³-hybridized carbons (Fsp3) is 0.158. The second-order valence-electron chi connectivity index (χ2n) is 5.84. The Labute approximate surface area is 164 Å². The van der Waals surface area contributed by atoms with Gasteiger partial charge in [0, 0.05) is 5.56 Å². The summed E-state index contributed by atoms with van der Waals surface area (Å²) in [5.74, 6) is -1.16. The van der Waals surface area contributed by atoms with Crippen LogP contribution < -0.4 is 10.2 Å². The van der Waals surface area contributed by atoms with Gasteiger partial charge < -0.3 is 9.47 Å². The number of ether oxygens (including phenoxy) is 2. The number of hydrogen-bond donors (Lipinski definition) is 1. The summed E-state index contributed by atoms with van der Waals surface area (Å²) in [6.07, 6.45) is -0.775. The molecule has 1 amide bonds. The maximum atomic E-state index is 15.0. The fourth-order valence-electron chi connectivity index (χ4n) is 2.44. The van der Waals surface area contributed by atoms with Gasteiger partial charge in [-0.3, -0.25) is 4.79 Å². The number of nitrogens with one attached hydrogen (secondary N) is 1. The number of carbonyl (C=O) groups is 1. The number of benzene rings is 2. The number of halogens is 2. The van der Waals surface area contributed by atoms with E-state index in [0.717, 1.165) is 0 Å². The summed E-state index contributed by atoms with van der Waals surface area (Å²) in [6, 6.07) is 10.8. The van der Waals surface area contributed by atoms with E-state index in [4.69, 9.17) is 31.6 Å². The summed E-state index contributed by atoms with van der Waals surface area (Å²) in [4.78, 5) is 11.4. The molecule has 0 spiro atoms. The first-order chi connectivity index (χ1) is 13.4. The highest BCUT2D eigenvalue weighted by atomic mass is 35.5. The van der Waals surface area contributed by atoms with Gasteiger partial charge in [-0.05, 0) is 31.2 Å². The molecule has 140 valence electrons. The Kier molecular flexibility index (Phi) is 5.44. The lowest BCUT2D eigenvalue weighted by Crippen LogP contribution is -2.39. The average molecular weight is 399 g/mol. The van der Waals surface area contributed by atoms with Crippen molar-refractivity contribution in [2.45, 2.75) is 19.4 Å². The third kappa shape index (κ3) is 4.03. The molecule has 0 saturated carbocycles. The van der Waals surface area contributed by atoms with Crippen molar-refractivity contribution in [3.05, 3.63) is 57.9 Å². The minimum Gasteiger partial charge on any atom is -0.466 e. The van der Waals surface area contributed by atoms with Crippen molar-refractivity contribution in [1.82, 2.24) is 5.43 Å². The molecule has 9 heteroatoms. The Morgan fingerprint density at radius 2 is 1.96 bits per heavy atom. The standard InChI is InChI=1S/C19H12ClFN4O3/c1-10-19(26)25-24-16(27-10)7-13-2-3-15(20)18(17(13)21)28-14-5-11(8-22)4-12(6-14)9-23/h2-6,10H,7H2,1H3,(H,25,26). The summed E-state index contributed by atoms with van der Waals surface area (Å²) in [7, 11) is 0. The van der Waals surface area contributed by atoms with Gasteiger partial charge in [-0.15, -0.1) is 5.10 Å². The molecule has 3 rings (SSSR count). The van der Waals surface area contributed by atoms with E-state index in [9.17, 15) is 9.18 Å². The smallest absolute Gasteiger partial charge is 0.280 e.